The van der Waals surface area contributed by atoms with Crippen molar-refractivity contribution in [3.8, 4) is 0 Å². The predicted octanol–water partition coefficient (Wildman–Crippen LogP) is 3.35. The van der Waals surface area contributed by atoms with Crippen molar-refractivity contribution in [3.63, 3.8) is 0 Å². The molecule has 1 heterocycles. The van der Waals surface area contributed by atoms with Crippen LogP contribution in [0.2, 0.25) is 0 Å². The Morgan fingerprint density at radius 3 is 2.78 bits per heavy atom. The molecule has 0 aromatic carbocycles. The normalized spacial score (nSPS) is 29.8. The van der Waals surface area contributed by atoms with Crippen molar-refractivity contribution in [3.05, 3.63) is 17.9 Å². The molecule has 98 valence electrons. The molecule has 3 heteroatoms. The zero-order chi connectivity index (χ0) is 12.7. The van der Waals surface area contributed by atoms with Crippen LogP contribution in [-0.4, -0.2) is 19.4 Å². The number of fused-ring (bicyclic) bond motifs is 2. The third-order valence-corrected chi connectivity index (χ3v) is 4.71. The molecule has 0 N–H and O–H groups in total. The number of hydrogen-bond acceptors (Lipinski definition) is 3. The second-order valence-corrected chi connectivity index (χ2v) is 6.01. The van der Waals surface area contributed by atoms with E-state index in [0.29, 0.717) is 5.76 Å². The van der Waals surface area contributed by atoms with Gasteiger partial charge in [0.05, 0.1) is 0 Å². The Kier molecular flexibility index (Phi) is 2.92. The molecule has 2 fully saturated rings. The summed E-state index contributed by atoms with van der Waals surface area (Å²) >= 11 is 0. The van der Waals surface area contributed by atoms with E-state index in [0.717, 1.165) is 30.2 Å². The van der Waals surface area contributed by atoms with Gasteiger partial charge in [-0.3, -0.25) is 4.79 Å². The maximum Gasteiger partial charge on any atom is 0.196 e. The van der Waals surface area contributed by atoms with Gasteiger partial charge in [-0.2, -0.15) is 0 Å². The monoisotopic (exact) mass is 247 g/mol. The number of Topliss-reactive ketones (excluding diaryl/α,β-unsaturated/α-hetero) is 1. The van der Waals surface area contributed by atoms with Crippen LogP contribution in [0.15, 0.2) is 16.5 Å². The van der Waals surface area contributed by atoms with Gasteiger partial charge in [-0.25, -0.2) is 0 Å². The Labute approximate surface area is 108 Å². The fraction of sp³-hybridized carbons (Fsp3) is 0.667. The maximum atomic E-state index is 11.2. The fourth-order valence-corrected chi connectivity index (χ4v) is 3.76. The molecular weight excluding hydrogens is 226 g/mol. The number of furan rings is 1. The molecule has 0 saturated heterocycles. The van der Waals surface area contributed by atoms with E-state index in [1.54, 1.807) is 13.0 Å². The van der Waals surface area contributed by atoms with Crippen LogP contribution < -0.4 is 4.90 Å². The first kappa shape index (κ1) is 11.8. The number of rotatable bonds is 4. The number of carbonyl (C=O) groups excluding carboxylic acids is 1. The minimum Gasteiger partial charge on any atom is -0.437 e. The highest BCUT2D eigenvalue weighted by atomic mass is 16.4. The standard InChI is InChI=1S/C15H21NO2/c1-10(17)14-5-6-15(18-14)16(2)9-13-8-11-3-4-12(13)7-11/h5-6,11-13H,3-4,7-9H2,1-2H3. The van der Waals surface area contributed by atoms with Gasteiger partial charge in [0.25, 0.3) is 0 Å². The summed E-state index contributed by atoms with van der Waals surface area (Å²) in [6.45, 7) is 2.60. The molecule has 2 aliphatic carbocycles. The number of ketones is 1. The van der Waals surface area contributed by atoms with E-state index in [4.69, 9.17) is 4.42 Å². The lowest BCUT2D eigenvalue weighted by molar-refractivity contribution is 0.0988. The minimum absolute atomic E-state index is 0.00502. The van der Waals surface area contributed by atoms with Crippen molar-refractivity contribution >= 4 is 11.7 Å². The molecule has 1 aromatic rings. The number of anilines is 1. The van der Waals surface area contributed by atoms with Gasteiger partial charge >= 0.3 is 0 Å². The van der Waals surface area contributed by atoms with Gasteiger partial charge in [-0.15, -0.1) is 0 Å². The average molecular weight is 247 g/mol. The summed E-state index contributed by atoms with van der Waals surface area (Å²) in [5, 5.41) is 0. The van der Waals surface area contributed by atoms with Crippen LogP contribution in [0.3, 0.4) is 0 Å². The van der Waals surface area contributed by atoms with Crippen molar-refractivity contribution in [2.45, 2.75) is 32.6 Å². The molecule has 0 amide bonds. The Balaban J connectivity index is 1.63. The number of nitrogens with zero attached hydrogens (tertiary/aromatic N) is 1. The minimum atomic E-state index is -0.00502. The molecule has 0 radical (unpaired) electrons. The average Bonchev–Trinajstić information content (AvgIpc) is 3.04. The fourth-order valence-electron chi connectivity index (χ4n) is 3.76. The molecule has 0 spiro atoms. The molecule has 3 atom stereocenters. The summed E-state index contributed by atoms with van der Waals surface area (Å²) in [4.78, 5) is 13.4. The zero-order valence-electron chi connectivity index (χ0n) is 11.2. The molecule has 1 aromatic heterocycles. The number of carbonyl (C=O) groups is 1. The van der Waals surface area contributed by atoms with E-state index < -0.39 is 0 Å². The quantitative estimate of drug-likeness (QED) is 0.765. The Morgan fingerprint density at radius 2 is 2.22 bits per heavy atom. The smallest absolute Gasteiger partial charge is 0.196 e. The van der Waals surface area contributed by atoms with Gasteiger partial charge < -0.3 is 9.32 Å². The summed E-state index contributed by atoms with van der Waals surface area (Å²) in [7, 11) is 2.06. The first-order valence-corrected chi connectivity index (χ1v) is 6.95. The third kappa shape index (κ3) is 2.06. The Morgan fingerprint density at radius 1 is 1.39 bits per heavy atom. The Hall–Kier alpha value is -1.25. The van der Waals surface area contributed by atoms with Crippen molar-refractivity contribution in [2.24, 2.45) is 17.8 Å². The summed E-state index contributed by atoms with van der Waals surface area (Å²) in [6.07, 6.45) is 5.69. The topological polar surface area (TPSA) is 33.5 Å². The molecule has 3 unspecified atom stereocenters. The molecule has 18 heavy (non-hydrogen) atoms. The number of hydrogen-bond donors (Lipinski definition) is 0. The molecule has 2 bridgehead atoms. The first-order chi connectivity index (χ1) is 8.63. The Bertz CT molecular complexity index is 451. The molecule has 0 aliphatic heterocycles. The van der Waals surface area contributed by atoms with Gasteiger partial charge in [0.15, 0.2) is 17.4 Å². The van der Waals surface area contributed by atoms with Crippen LogP contribution in [-0.2, 0) is 0 Å². The van der Waals surface area contributed by atoms with Gasteiger partial charge in [-0.1, -0.05) is 6.42 Å². The first-order valence-electron chi connectivity index (χ1n) is 6.95. The van der Waals surface area contributed by atoms with Gasteiger partial charge in [0, 0.05) is 26.6 Å². The summed E-state index contributed by atoms with van der Waals surface area (Å²) in [5.41, 5.74) is 0. The molecule has 2 saturated carbocycles. The van der Waals surface area contributed by atoms with E-state index >= 15 is 0 Å². The molecule has 3 nitrogen and oxygen atoms in total. The van der Waals surface area contributed by atoms with Gasteiger partial charge in [0.2, 0.25) is 0 Å². The lowest BCUT2D eigenvalue weighted by Crippen LogP contribution is -2.28. The van der Waals surface area contributed by atoms with E-state index in [1.807, 2.05) is 6.07 Å². The summed E-state index contributed by atoms with van der Waals surface area (Å²) < 4.78 is 5.57. The van der Waals surface area contributed by atoms with E-state index in [2.05, 4.69) is 11.9 Å². The lowest BCUT2D eigenvalue weighted by Gasteiger charge is -2.26. The zero-order valence-corrected chi connectivity index (χ0v) is 11.2. The highest BCUT2D eigenvalue weighted by Gasteiger charge is 2.39. The molecule has 2 aliphatic rings. The highest BCUT2D eigenvalue weighted by Crippen LogP contribution is 2.48. The highest BCUT2D eigenvalue weighted by molar-refractivity contribution is 5.91. The van der Waals surface area contributed by atoms with Gasteiger partial charge in [0.1, 0.15) is 0 Å². The van der Waals surface area contributed by atoms with Crippen LogP contribution in [0.1, 0.15) is 43.2 Å². The largest absolute Gasteiger partial charge is 0.437 e. The maximum absolute atomic E-state index is 11.2. The summed E-state index contributed by atoms with van der Waals surface area (Å²) in [6, 6.07) is 3.68. The van der Waals surface area contributed by atoms with E-state index in [1.165, 1.54) is 25.7 Å². The van der Waals surface area contributed by atoms with Crippen molar-refractivity contribution in [1.29, 1.82) is 0 Å². The van der Waals surface area contributed by atoms with Crippen LogP contribution in [0.5, 0.6) is 0 Å². The second-order valence-electron chi connectivity index (χ2n) is 6.01. The third-order valence-electron chi connectivity index (χ3n) is 4.71. The molecule has 3 rings (SSSR count). The van der Waals surface area contributed by atoms with Crippen molar-refractivity contribution in [2.75, 3.05) is 18.5 Å². The van der Waals surface area contributed by atoms with Crippen molar-refractivity contribution < 1.29 is 9.21 Å². The van der Waals surface area contributed by atoms with Crippen LogP contribution in [0.25, 0.3) is 0 Å². The SMILES string of the molecule is CC(=O)c1ccc(N(C)CC2CC3CCC2C3)o1. The molecular formula is C15H21NO2. The van der Waals surface area contributed by atoms with Crippen LogP contribution >= 0.6 is 0 Å². The summed E-state index contributed by atoms with van der Waals surface area (Å²) in [5.74, 6) is 4.01. The van der Waals surface area contributed by atoms with E-state index in [9.17, 15) is 4.79 Å². The second kappa shape index (κ2) is 4.45. The van der Waals surface area contributed by atoms with E-state index in [-0.39, 0.29) is 5.78 Å². The predicted molar refractivity (Wildman–Crippen MR) is 70.9 cm³/mol. The lowest BCUT2D eigenvalue weighted by atomic mass is 9.88. The van der Waals surface area contributed by atoms with Crippen LogP contribution in [0, 0.1) is 17.8 Å². The van der Waals surface area contributed by atoms with Gasteiger partial charge in [-0.05, 0) is 43.1 Å². The van der Waals surface area contributed by atoms with Crippen molar-refractivity contribution in [1.82, 2.24) is 0 Å². The van der Waals surface area contributed by atoms with Crippen LogP contribution in [0.4, 0.5) is 5.88 Å².